The van der Waals surface area contributed by atoms with Gasteiger partial charge in [0.25, 0.3) is 0 Å². The van der Waals surface area contributed by atoms with Crippen molar-refractivity contribution in [2.75, 3.05) is 5.32 Å². The molecule has 4 rings (SSSR count). The standard InChI is InChI=1S/C22H31N3O2/c1-13(14-5-7-17-15(11-14)6-8-19(26)24-17)23-20(27)25-18-12-16-9-10-22(18,4)21(16,2)3/h5,7,11,13,16,18H,6,8-10,12H2,1-4H3,(H,24,26)(H2,23,25,27)/t13-,16-,18+,22-/m1/s1. The van der Waals surface area contributed by atoms with Crippen LogP contribution in [0, 0.1) is 16.7 Å². The van der Waals surface area contributed by atoms with Gasteiger partial charge in [-0.05, 0) is 66.5 Å². The number of nitrogens with one attached hydrogen (secondary N) is 3. The molecule has 0 aromatic heterocycles. The second-order valence-corrected chi connectivity index (χ2v) is 9.47. The summed E-state index contributed by atoms with van der Waals surface area (Å²) in [7, 11) is 0. The summed E-state index contributed by atoms with van der Waals surface area (Å²) in [4.78, 5) is 24.2. The predicted octanol–water partition coefficient (Wildman–Crippen LogP) is 4.15. The van der Waals surface area contributed by atoms with E-state index in [1.54, 1.807) is 0 Å². The Morgan fingerprint density at radius 2 is 2.04 bits per heavy atom. The van der Waals surface area contributed by atoms with Crippen LogP contribution in [0.2, 0.25) is 0 Å². The number of carbonyl (C=O) groups is 2. The number of fused-ring (bicyclic) bond motifs is 3. The zero-order valence-electron chi connectivity index (χ0n) is 16.8. The van der Waals surface area contributed by atoms with E-state index >= 15 is 0 Å². The molecule has 0 radical (unpaired) electrons. The summed E-state index contributed by atoms with van der Waals surface area (Å²) >= 11 is 0. The smallest absolute Gasteiger partial charge is 0.315 e. The fraction of sp³-hybridized carbons (Fsp3) is 0.636. The highest BCUT2D eigenvalue weighted by Crippen LogP contribution is 2.65. The van der Waals surface area contributed by atoms with Gasteiger partial charge in [0.1, 0.15) is 0 Å². The van der Waals surface area contributed by atoms with Gasteiger partial charge < -0.3 is 16.0 Å². The summed E-state index contributed by atoms with van der Waals surface area (Å²) in [6.45, 7) is 9.07. The Morgan fingerprint density at radius 1 is 1.26 bits per heavy atom. The van der Waals surface area contributed by atoms with Crippen LogP contribution in [0.5, 0.6) is 0 Å². The maximum absolute atomic E-state index is 12.7. The number of carbonyl (C=O) groups excluding carboxylic acids is 2. The Bertz CT molecular complexity index is 788. The largest absolute Gasteiger partial charge is 0.335 e. The van der Waals surface area contributed by atoms with Crippen molar-refractivity contribution in [3.8, 4) is 0 Å². The predicted molar refractivity (Wildman–Crippen MR) is 106 cm³/mol. The van der Waals surface area contributed by atoms with Crippen molar-refractivity contribution in [3.05, 3.63) is 29.3 Å². The average molecular weight is 370 g/mol. The quantitative estimate of drug-likeness (QED) is 0.749. The van der Waals surface area contributed by atoms with Gasteiger partial charge in [-0.15, -0.1) is 0 Å². The van der Waals surface area contributed by atoms with E-state index in [9.17, 15) is 9.59 Å². The van der Waals surface area contributed by atoms with Crippen LogP contribution in [0.3, 0.4) is 0 Å². The molecule has 5 nitrogen and oxygen atoms in total. The van der Waals surface area contributed by atoms with Gasteiger partial charge in [0.15, 0.2) is 0 Å². The second kappa shape index (κ2) is 6.25. The SMILES string of the molecule is C[C@@H](NC(=O)N[C@H]1C[C@H]2CC[C@@]1(C)C2(C)C)c1ccc2c(c1)CCC(=O)N2. The molecule has 1 aromatic carbocycles. The molecular formula is C22H31N3O2. The van der Waals surface area contributed by atoms with Crippen molar-refractivity contribution in [2.24, 2.45) is 16.7 Å². The van der Waals surface area contributed by atoms with E-state index in [2.05, 4.69) is 42.8 Å². The lowest BCUT2D eigenvalue weighted by Crippen LogP contribution is -2.50. The fourth-order valence-corrected chi connectivity index (χ4v) is 5.57. The Morgan fingerprint density at radius 3 is 2.70 bits per heavy atom. The highest BCUT2D eigenvalue weighted by atomic mass is 16.2. The summed E-state index contributed by atoms with van der Waals surface area (Å²) in [5, 5.41) is 9.28. The number of rotatable bonds is 3. The summed E-state index contributed by atoms with van der Waals surface area (Å²) in [6.07, 6.45) is 4.84. The Labute approximate surface area is 161 Å². The molecule has 0 saturated heterocycles. The topological polar surface area (TPSA) is 70.2 Å². The number of anilines is 1. The zero-order chi connectivity index (χ0) is 19.4. The normalized spacial score (nSPS) is 31.8. The molecule has 0 spiro atoms. The van der Waals surface area contributed by atoms with E-state index in [-0.39, 0.29) is 29.4 Å². The van der Waals surface area contributed by atoms with E-state index in [1.807, 2.05) is 19.1 Å². The lowest BCUT2D eigenvalue weighted by Gasteiger charge is -2.39. The average Bonchev–Trinajstić information content (AvgIpc) is 2.94. The molecule has 2 fully saturated rings. The third-order valence-corrected chi connectivity index (χ3v) is 7.97. The molecular weight excluding hydrogens is 338 g/mol. The summed E-state index contributed by atoms with van der Waals surface area (Å²) in [5.74, 6) is 0.782. The van der Waals surface area contributed by atoms with Gasteiger partial charge in [-0.25, -0.2) is 4.79 Å². The molecule has 3 amide bonds. The molecule has 1 aromatic rings. The maximum Gasteiger partial charge on any atom is 0.315 e. The van der Waals surface area contributed by atoms with Crippen molar-refractivity contribution in [2.45, 2.75) is 71.9 Å². The highest BCUT2D eigenvalue weighted by molar-refractivity contribution is 5.93. The van der Waals surface area contributed by atoms with Gasteiger partial charge in [0.2, 0.25) is 5.91 Å². The molecule has 2 saturated carbocycles. The molecule has 0 unspecified atom stereocenters. The van der Waals surface area contributed by atoms with Gasteiger partial charge in [0, 0.05) is 18.2 Å². The van der Waals surface area contributed by atoms with Crippen molar-refractivity contribution in [3.63, 3.8) is 0 Å². The molecule has 1 heterocycles. The minimum absolute atomic E-state index is 0.0723. The molecule has 3 N–H and O–H groups in total. The molecule has 146 valence electrons. The maximum atomic E-state index is 12.7. The highest BCUT2D eigenvalue weighted by Gasteiger charge is 2.61. The van der Waals surface area contributed by atoms with Crippen molar-refractivity contribution in [1.82, 2.24) is 10.6 Å². The second-order valence-electron chi connectivity index (χ2n) is 9.47. The molecule has 4 atom stereocenters. The van der Waals surface area contributed by atoms with Crippen LogP contribution in [0.15, 0.2) is 18.2 Å². The first kappa shape index (κ1) is 18.3. The number of hydrogen-bond acceptors (Lipinski definition) is 2. The number of aryl methyl sites for hydroxylation is 1. The van der Waals surface area contributed by atoms with E-state index < -0.39 is 0 Å². The summed E-state index contributed by atoms with van der Waals surface area (Å²) in [6, 6.07) is 6.11. The van der Waals surface area contributed by atoms with Crippen LogP contribution in [-0.2, 0) is 11.2 Å². The van der Waals surface area contributed by atoms with Gasteiger partial charge in [-0.1, -0.05) is 32.9 Å². The molecule has 2 bridgehead atoms. The van der Waals surface area contributed by atoms with Crippen molar-refractivity contribution < 1.29 is 9.59 Å². The lowest BCUT2D eigenvalue weighted by atomic mass is 9.69. The van der Waals surface area contributed by atoms with Gasteiger partial charge in [0.05, 0.1) is 6.04 Å². The third-order valence-electron chi connectivity index (χ3n) is 7.97. The molecule has 1 aliphatic heterocycles. The zero-order valence-corrected chi connectivity index (χ0v) is 16.8. The van der Waals surface area contributed by atoms with E-state index in [1.165, 1.54) is 12.8 Å². The summed E-state index contributed by atoms with van der Waals surface area (Å²) in [5.41, 5.74) is 3.58. The third kappa shape index (κ3) is 2.91. The first-order valence-corrected chi connectivity index (χ1v) is 10.2. The van der Waals surface area contributed by atoms with Crippen LogP contribution < -0.4 is 16.0 Å². The van der Waals surface area contributed by atoms with Gasteiger partial charge in [-0.3, -0.25) is 4.79 Å². The Kier molecular flexibility index (Phi) is 4.24. The fourth-order valence-electron chi connectivity index (χ4n) is 5.57. The van der Waals surface area contributed by atoms with E-state index in [0.29, 0.717) is 17.8 Å². The monoisotopic (exact) mass is 369 g/mol. The minimum Gasteiger partial charge on any atom is -0.335 e. The van der Waals surface area contributed by atoms with Gasteiger partial charge in [-0.2, -0.15) is 0 Å². The van der Waals surface area contributed by atoms with Crippen molar-refractivity contribution in [1.29, 1.82) is 0 Å². The molecule has 5 heteroatoms. The van der Waals surface area contributed by atoms with Crippen LogP contribution in [0.1, 0.15) is 70.5 Å². The Hall–Kier alpha value is -2.04. The van der Waals surface area contributed by atoms with Crippen LogP contribution in [0.25, 0.3) is 0 Å². The number of urea groups is 1. The van der Waals surface area contributed by atoms with Gasteiger partial charge >= 0.3 is 6.03 Å². The molecule has 2 aliphatic carbocycles. The minimum atomic E-state index is -0.0805. The first-order chi connectivity index (χ1) is 12.7. The number of amides is 3. The first-order valence-electron chi connectivity index (χ1n) is 10.2. The van der Waals surface area contributed by atoms with E-state index in [0.717, 1.165) is 29.7 Å². The number of hydrogen-bond donors (Lipinski definition) is 3. The van der Waals surface area contributed by atoms with Crippen molar-refractivity contribution >= 4 is 17.6 Å². The van der Waals surface area contributed by atoms with Crippen LogP contribution in [0.4, 0.5) is 10.5 Å². The van der Waals surface area contributed by atoms with Crippen LogP contribution in [-0.4, -0.2) is 18.0 Å². The molecule has 3 aliphatic rings. The molecule has 27 heavy (non-hydrogen) atoms. The lowest BCUT2D eigenvalue weighted by molar-refractivity contribution is -0.116. The number of benzene rings is 1. The Balaban J connectivity index is 1.40. The summed E-state index contributed by atoms with van der Waals surface area (Å²) < 4.78 is 0. The van der Waals surface area contributed by atoms with E-state index in [4.69, 9.17) is 0 Å². The van der Waals surface area contributed by atoms with Crippen LogP contribution >= 0.6 is 0 Å².